The van der Waals surface area contributed by atoms with E-state index < -0.39 is 0 Å². The fourth-order valence-electron chi connectivity index (χ4n) is 3.13. The quantitative estimate of drug-likeness (QED) is 0.843. The summed E-state index contributed by atoms with van der Waals surface area (Å²) in [6, 6.07) is 4.30. The van der Waals surface area contributed by atoms with Crippen LogP contribution >= 0.6 is 0 Å². The lowest BCUT2D eigenvalue weighted by Crippen LogP contribution is -2.35. The monoisotopic (exact) mass is 368 g/mol. The average molecular weight is 368 g/mol. The molecule has 0 unspecified atom stereocenters. The summed E-state index contributed by atoms with van der Waals surface area (Å²) in [6.07, 6.45) is 5.28. The Morgan fingerprint density at radius 2 is 2.04 bits per heavy atom. The van der Waals surface area contributed by atoms with Crippen molar-refractivity contribution in [1.29, 1.82) is 0 Å². The van der Waals surface area contributed by atoms with Crippen LogP contribution in [-0.4, -0.2) is 63.9 Å². The van der Waals surface area contributed by atoms with Gasteiger partial charge in [0.1, 0.15) is 5.82 Å². The number of anilines is 1. The zero-order valence-corrected chi connectivity index (χ0v) is 16.6. The van der Waals surface area contributed by atoms with Crippen molar-refractivity contribution in [3.8, 4) is 11.4 Å². The molecule has 1 aliphatic rings. The molecule has 0 saturated carbocycles. The summed E-state index contributed by atoms with van der Waals surface area (Å²) in [6.45, 7) is 5.91. The number of carbonyl (C=O) groups is 1. The van der Waals surface area contributed by atoms with Crippen LogP contribution in [0.4, 0.5) is 5.82 Å². The highest BCUT2D eigenvalue weighted by Gasteiger charge is 2.24. The maximum absolute atomic E-state index is 11.8. The second-order valence-electron chi connectivity index (χ2n) is 7.28. The van der Waals surface area contributed by atoms with Crippen molar-refractivity contribution in [1.82, 2.24) is 24.8 Å². The molecule has 1 amide bonds. The number of amides is 1. The summed E-state index contributed by atoms with van der Waals surface area (Å²) in [5.74, 6) is 1.64. The first-order valence-corrected chi connectivity index (χ1v) is 9.41. The van der Waals surface area contributed by atoms with Gasteiger partial charge in [-0.15, -0.1) is 0 Å². The van der Waals surface area contributed by atoms with Crippen LogP contribution in [0, 0.1) is 0 Å². The molecule has 2 aromatic heterocycles. The van der Waals surface area contributed by atoms with Gasteiger partial charge in [0.2, 0.25) is 5.91 Å². The lowest BCUT2D eigenvalue weighted by Gasteiger charge is -2.29. The molecule has 3 rings (SSSR count). The number of pyridine rings is 1. The van der Waals surface area contributed by atoms with Crippen LogP contribution in [0.3, 0.4) is 0 Å². The Kier molecular flexibility index (Phi) is 6.01. The Morgan fingerprint density at radius 3 is 2.70 bits per heavy atom. The molecule has 3 heterocycles. The van der Waals surface area contributed by atoms with Crippen LogP contribution in [0.15, 0.2) is 24.5 Å². The van der Waals surface area contributed by atoms with E-state index in [0.717, 1.165) is 42.0 Å². The Labute approximate surface area is 160 Å². The number of fused-ring (bicyclic) bond motifs is 1. The van der Waals surface area contributed by atoms with Crippen molar-refractivity contribution in [2.24, 2.45) is 0 Å². The van der Waals surface area contributed by atoms with E-state index in [-0.39, 0.29) is 5.91 Å². The zero-order valence-electron chi connectivity index (χ0n) is 16.6. The number of hydrogen-bond donors (Lipinski definition) is 1. The minimum atomic E-state index is 0.0824. The lowest BCUT2D eigenvalue weighted by molar-refractivity contribution is -0.129. The second kappa shape index (κ2) is 8.43. The molecule has 144 valence electrons. The minimum Gasteiger partial charge on any atom is -0.370 e. The van der Waals surface area contributed by atoms with Gasteiger partial charge in [0.25, 0.3) is 0 Å². The van der Waals surface area contributed by atoms with E-state index in [1.807, 2.05) is 17.0 Å². The summed E-state index contributed by atoms with van der Waals surface area (Å²) >= 11 is 0. The van der Waals surface area contributed by atoms with Gasteiger partial charge < -0.3 is 15.1 Å². The average Bonchev–Trinajstić information content (AvgIpc) is 2.67. The summed E-state index contributed by atoms with van der Waals surface area (Å²) in [7, 11) is 4.18. The molecule has 27 heavy (non-hydrogen) atoms. The largest absolute Gasteiger partial charge is 0.370 e. The molecule has 0 bridgehead atoms. The maximum atomic E-state index is 11.8. The number of carbonyl (C=O) groups excluding carboxylic acids is 1. The van der Waals surface area contributed by atoms with Gasteiger partial charge in [-0.05, 0) is 46.0 Å². The van der Waals surface area contributed by atoms with Gasteiger partial charge in [0.15, 0.2) is 5.82 Å². The molecule has 0 saturated heterocycles. The molecule has 1 N–H and O–H groups in total. The first-order chi connectivity index (χ1) is 13.0. The van der Waals surface area contributed by atoms with Crippen molar-refractivity contribution in [3.05, 3.63) is 35.8 Å². The Bertz CT molecular complexity index is 793. The summed E-state index contributed by atoms with van der Waals surface area (Å²) < 4.78 is 0. The molecule has 2 aromatic rings. The number of nitrogens with one attached hydrogen (secondary N) is 1. The summed E-state index contributed by atoms with van der Waals surface area (Å²) in [5, 5.41) is 3.52. The lowest BCUT2D eigenvalue weighted by atomic mass is 10.0. The van der Waals surface area contributed by atoms with Crippen LogP contribution in [0.2, 0.25) is 0 Å². The third kappa shape index (κ3) is 4.60. The molecule has 1 aliphatic heterocycles. The van der Waals surface area contributed by atoms with Gasteiger partial charge in [0, 0.05) is 49.6 Å². The number of rotatable bonds is 6. The van der Waals surface area contributed by atoms with E-state index in [1.54, 1.807) is 19.3 Å². The fraction of sp³-hybridized carbons (Fsp3) is 0.500. The van der Waals surface area contributed by atoms with Gasteiger partial charge in [-0.25, -0.2) is 9.97 Å². The number of nitrogens with zero attached hydrogens (tertiary/aromatic N) is 5. The first kappa shape index (κ1) is 19.2. The second-order valence-corrected chi connectivity index (χ2v) is 7.28. The fourth-order valence-corrected chi connectivity index (χ4v) is 3.13. The summed E-state index contributed by atoms with van der Waals surface area (Å²) in [4.78, 5) is 29.5. The smallest absolute Gasteiger partial charge is 0.219 e. The standard InChI is InChI=1S/C20H28N6O/c1-14(25(3)4)5-11-22-20-17-8-12-26(15(2)27)13-18(17)23-19(24-20)16-6-9-21-10-7-16/h6-7,9-10,14H,5,8,11-13H2,1-4H3,(H,22,23,24)/t14-/m1/s1. The van der Waals surface area contributed by atoms with E-state index >= 15 is 0 Å². The van der Waals surface area contributed by atoms with Crippen molar-refractivity contribution in [2.45, 2.75) is 39.3 Å². The highest BCUT2D eigenvalue weighted by Crippen LogP contribution is 2.27. The van der Waals surface area contributed by atoms with Crippen molar-refractivity contribution >= 4 is 11.7 Å². The van der Waals surface area contributed by atoms with Crippen molar-refractivity contribution in [2.75, 3.05) is 32.5 Å². The topological polar surface area (TPSA) is 74.2 Å². The normalized spacial score (nSPS) is 14.8. The maximum Gasteiger partial charge on any atom is 0.219 e. The minimum absolute atomic E-state index is 0.0824. The van der Waals surface area contributed by atoms with Gasteiger partial charge >= 0.3 is 0 Å². The van der Waals surface area contributed by atoms with Gasteiger partial charge in [-0.3, -0.25) is 9.78 Å². The Hall–Kier alpha value is -2.54. The third-order valence-electron chi connectivity index (χ3n) is 5.19. The van der Waals surface area contributed by atoms with E-state index in [1.165, 1.54) is 0 Å². The van der Waals surface area contributed by atoms with Gasteiger partial charge in [-0.1, -0.05) is 0 Å². The highest BCUT2D eigenvalue weighted by molar-refractivity contribution is 5.74. The van der Waals surface area contributed by atoms with Crippen LogP contribution in [0.5, 0.6) is 0 Å². The highest BCUT2D eigenvalue weighted by atomic mass is 16.2. The van der Waals surface area contributed by atoms with Gasteiger partial charge in [0.05, 0.1) is 12.2 Å². The molecule has 0 fully saturated rings. The predicted molar refractivity (Wildman–Crippen MR) is 106 cm³/mol. The van der Waals surface area contributed by atoms with Crippen molar-refractivity contribution < 1.29 is 4.79 Å². The molecule has 7 heteroatoms. The molecule has 0 aliphatic carbocycles. The number of aromatic nitrogens is 3. The molecular weight excluding hydrogens is 340 g/mol. The van der Waals surface area contributed by atoms with E-state index in [0.29, 0.717) is 25.0 Å². The summed E-state index contributed by atoms with van der Waals surface area (Å²) in [5.41, 5.74) is 2.99. The van der Waals surface area contributed by atoms with Crippen LogP contribution in [0.1, 0.15) is 31.5 Å². The van der Waals surface area contributed by atoms with E-state index in [9.17, 15) is 4.79 Å². The molecule has 0 spiro atoms. The van der Waals surface area contributed by atoms with E-state index in [4.69, 9.17) is 9.97 Å². The molecule has 1 atom stereocenters. The Balaban J connectivity index is 1.89. The predicted octanol–water partition coefficient (Wildman–Crippen LogP) is 2.20. The Morgan fingerprint density at radius 1 is 1.30 bits per heavy atom. The zero-order chi connectivity index (χ0) is 19.4. The van der Waals surface area contributed by atoms with Gasteiger partial charge in [-0.2, -0.15) is 0 Å². The van der Waals surface area contributed by atoms with Crippen LogP contribution in [0.25, 0.3) is 11.4 Å². The number of hydrogen-bond acceptors (Lipinski definition) is 6. The molecule has 0 radical (unpaired) electrons. The SMILES string of the molecule is CC(=O)N1CCc2c(nc(-c3ccncc3)nc2NCC[C@@H](C)N(C)C)C1. The molecular formula is C20H28N6O. The van der Waals surface area contributed by atoms with Crippen molar-refractivity contribution in [3.63, 3.8) is 0 Å². The first-order valence-electron chi connectivity index (χ1n) is 9.41. The van der Waals surface area contributed by atoms with E-state index in [2.05, 4.69) is 36.2 Å². The van der Waals surface area contributed by atoms with Crippen LogP contribution in [-0.2, 0) is 17.8 Å². The molecule has 7 nitrogen and oxygen atoms in total. The third-order valence-corrected chi connectivity index (χ3v) is 5.19. The van der Waals surface area contributed by atoms with Crippen LogP contribution < -0.4 is 5.32 Å². The molecule has 0 aromatic carbocycles.